The standard InChI is InChI=1S/C25H18ClF2NO4/c1-2-33-18-10-5-14(6-11-18)22-21(23(30)15-3-7-16(26)8-4-15)24(31)25(32)29(22)17-9-12-19(27)20(28)13-17/h3-13,22,30H,2H2,1H3/b23-21+. The van der Waals surface area contributed by atoms with E-state index in [1.165, 1.54) is 30.3 Å². The van der Waals surface area contributed by atoms with Crippen LogP contribution in [0.5, 0.6) is 5.75 Å². The monoisotopic (exact) mass is 469 g/mol. The van der Waals surface area contributed by atoms with Gasteiger partial charge >= 0.3 is 0 Å². The lowest BCUT2D eigenvalue weighted by Gasteiger charge is -2.25. The topological polar surface area (TPSA) is 66.8 Å². The van der Waals surface area contributed by atoms with Crippen LogP contribution in [0.3, 0.4) is 0 Å². The Morgan fingerprint density at radius 2 is 1.67 bits per heavy atom. The molecule has 3 aromatic rings. The van der Waals surface area contributed by atoms with Crippen molar-refractivity contribution in [3.05, 3.63) is 100 Å². The summed E-state index contributed by atoms with van der Waals surface area (Å²) in [5, 5.41) is 11.4. The van der Waals surface area contributed by atoms with E-state index in [1.807, 2.05) is 6.92 Å². The number of ketones is 1. The molecule has 168 valence electrons. The van der Waals surface area contributed by atoms with E-state index in [0.717, 1.165) is 17.0 Å². The van der Waals surface area contributed by atoms with Gasteiger partial charge in [0.1, 0.15) is 11.5 Å². The quantitative estimate of drug-likeness (QED) is 0.298. The average molecular weight is 470 g/mol. The van der Waals surface area contributed by atoms with Gasteiger partial charge in [-0.05, 0) is 61.0 Å². The maximum absolute atomic E-state index is 14.0. The number of anilines is 1. The molecule has 5 nitrogen and oxygen atoms in total. The van der Waals surface area contributed by atoms with E-state index in [0.29, 0.717) is 22.9 Å². The van der Waals surface area contributed by atoms with Gasteiger partial charge in [-0.2, -0.15) is 0 Å². The lowest BCUT2D eigenvalue weighted by molar-refractivity contribution is -0.132. The van der Waals surface area contributed by atoms with Gasteiger partial charge in [-0.15, -0.1) is 0 Å². The first-order valence-electron chi connectivity index (χ1n) is 10.1. The van der Waals surface area contributed by atoms with E-state index in [4.69, 9.17) is 16.3 Å². The summed E-state index contributed by atoms with van der Waals surface area (Å²) in [6.45, 7) is 2.28. The molecule has 1 unspecified atom stereocenters. The zero-order chi connectivity index (χ0) is 23.7. The second-order valence-corrected chi connectivity index (χ2v) is 7.71. The van der Waals surface area contributed by atoms with Crippen molar-refractivity contribution in [1.82, 2.24) is 0 Å². The van der Waals surface area contributed by atoms with Gasteiger partial charge in [-0.3, -0.25) is 14.5 Å². The molecule has 0 radical (unpaired) electrons. The predicted molar refractivity (Wildman–Crippen MR) is 120 cm³/mol. The summed E-state index contributed by atoms with van der Waals surface area (Å²) in [4.78, 5) is 27.1. The number of Topliss-reactive ketones (excluding diaryl/α,β-unsaturated/α-hetero) is 1. The molecule has 4 rings (SSSR count). The van der Waals surface area contributed by atoms with E-state index in [2.05, 4.69) is 0 Å². The summed E-state index contributed by atoms with van der Waals surface area (Å²) in [7, 11) is 0. The fraction of sp³-hybridized carbons (Fsp3) is 0.120. The molecule has 1 aliphatic rings. The number of benzene rings is 3. The Hall–Kier alpha value is -3.71. The maximum atomic E-state index is 14.0. The number of aliphatic hydroxyl groups is 1. The molecule has 33 heavy (non-hydrogen) atoms. The number of ether oxygens (including phenoxy) is 1. The van der Waals surface area contributed by atoms with E-state index in [1.54, 1.807) is 24.3 Å². The van der Waals surface area contributed by atoms with Crippen LogP contribution in [0, 0.1) is 11.6 Å². The Morgan fingerprint density at radius 3 is 2.27 bits per heavy atom. The van der Waals surface area contributed by atoms with E-state index >= 15 is 0 Å². The Bertz CT molecular complexity index is 1260. The minimum atomic E-state index is -1.17. The molecule has 1 atom stereocenters. The molecule has 0 aromatic heterocycles. The number of aliphatic hydroxyl groups excluding tert-OH is 1. The summed E-state index contributed by atoms with van der Waals surface area (Å²) in [5.74, 6) is -4.02. The highest BCUT2D eigenvalue weighted by atomic mass is 35.5. The molecular weight excluding hydrogens is 452 g/mol. The van der Waals surface area contributed by atoms with E-state index < -0.39 is 35.1 Å². The first-order chi connectivity index (χ1) is 15.8. The van der Waals surface area contributed by atoms with Crippen LogP contribution < -0.4 is 9.64 Å². The zero-order valence-electron chi connectivity index (χ0n) is 17.4. The van der Waals surface area contributed by atoms with Crippen LogP contribution in [0.25, 0.3) is 5.76 Å². The molecule has 8 heteroatoms. The van der Waals surface area contributed by atoms with Gasteiger partial charge in [0.05, 0.1) is 18.2 Å². The van der Waals surface area contributed by atoms with Crippen molar-refractivity contribution in [3.8, 4) is 5.75 Å². The van der Waals surface area contributed by atoms with Crippen LogP contribution in [-0.2, 0) is 9.59 Å². The molecule has 0 saturated carbocycles. The SMILES string of the molecule is CCOc1ccc(C2/C(=C(\O)c3ccc(Cl)cc3)C(=O)C(=O)N2c2ccc(F)c(F)c2)cc1. The number of halogens is 3. The maximum Gasteiger partial charge on any atom is 0.300 e. The number of carbonyl (C=O) groups is 2. The van der Waals surface area contributed by atoms with Crippen LogP contribution in [0.2, 0.25) is 5.02 Å². The highest BCUT2D eigenvalue weighted by Crippen LogP contribution is 2.42. The van der Waals surface area contributed by atoms with Gasteiger partial charge in [0.25, 0.3) is 11.7 Å². The van der Waals surface area contributed by atoms with Gasteiger partial charge in [-0.25, -0.2) is 8.78 Å². The number of hydrogen-bond donors (Lipinski definition) is 1. The number of nitrogens with zero attached hydrogens (tertiary/aromatic N) is 1. The van der Waals surface area contributed by atoms with Gasteiger partial charge in [0.2, 0.25) is 0 Å². The van der Waals surface area contributed by atoms with E-state index in [-0.39, 0.29) is 16.8 Å². The second-order valence-electron chi connectivity index (χ2n) is 7.28. The third-order valence-corrected chi connectivity index (χ3v) is 5.50. The summed E-state index contributed by atoms with van der Waals surface area (Å²) in [6.07, 6.45) is 0. The van der Waals surface area contributed by atoms with Crippen molar-refractivity contribution in [1.29, 1.82) is 0 Å². The Morgan fingerprint density at radius 1 is 1.00 bits per heavy atom. The molecule has 3 aromatic carbocycles. The van der Waals surface area contributed by atoms with Crippen LogP contribution in [0.15, 0.2) is 72.3 Å². The summed E-state index contributed by atoms with van der Waals surface area (Å²) < 4.78 is 33.0. The van der Waals surface area contributed by atoms with Crippen molar-refractivity contribution in [2.45, 2.75) is 13.0 Å². The largest absolute Gasteiger partial charge is 0.507 e. The first kappa shape index (κ1) is 22.5. The fourth-order valence-corrected chi connectivity index (χ4v) is 3.85. The fourth-order valence-electron chi connectivity index (χ4n) is 3.73. The molecule has 1 aliphatic heterocycles. The molecule has 0 bridgehead atoms. The minimum absolute atomic E-state index is 0.0231. The summed E-state index contributed by atoms with van der Waals surface area (Å²) >= 11 is 5.92. The molecule has 0 aliphatic carbocycles. The highest BCUT2D eigenvalue weighted by Gasteiger charge is 2.47. The lowest BCUT2D eigenvalue weighted by Crippen LogP contribution is -2.29. The Balaban J connectivity index is 1.91. The van der Waals surface area contributed by atoms with Crippen LogP contribution >= 0.6 is 11.6 Å². The third-order valence-electron chi connectivity index (χ3n) is 5.25. The zero-order valence-corrected chi connectivity index (χ0v) is 18.1. The predicted octanol–water partition coefficient (Wildman–Crippen LogP) is 5.64. The van der Waals surface area contributed by atoms with Crippen molar-refractivity contribution < 1.29 is 28.2 Å². The molecule has 1 amide bonds. The third kappa shape index (κ3) is 4.19. The Labute approximate surface area is 193 Å². The number of carbonyl (C=O) groups excluding carboxylic acids is 2. The highest BCUT2D eigenvalue weighted by molar-refractivity contribution is 6.51. The van der Waals surface area contributed by atoms with Crippen molar-refractivity contribution in [2.24, 2.45) is 0 Å². The smallest absolute Gasteiger partial charge is 0.300 e. The molecule has 1 N–H and O–H groups in total. The van der Waals surface area contributed by atoms with E-state index in [9.17, 15) is 23.5 Å². The van der Waals surface area contributed by atoms with Crippen molar-refractivity contribution >= 4 is 34.7 Å². The normalized spacial score (nSPS) is 17.5. The molecule has 1 fully saturated rings. The molecule has 1 heterocycles. The first-order valence-corrected chi connectivity index (χ1v) is 10.4. The van der Waals surface area contributed by atoms with Gasteiger partial charge in [-0.1, -0.05) is 23.7 Å². The second kappa shape index (κ2) is 9.03. The molecule has 1 saturated heterocycles. The van der Waals surface area contributed by atoms with Crippen molar-refractivity contribution in [3.63, 3.8) is 0 Å². The van der Waals surface area contributed by atoms with Gasteiger partial charge in [0.15, 0.2) is 11.6 Å². The van der Waals surface area contributed by atoms with Crippen LogP contribution in [-0.4, -0.2) is 23.4 Å². The Kier molecular flexibility index (Phi) is 6.16. The van der Waals surface area contributed by atoms with Gasteiger partial charge < -0.3 is 9.84 Å². The minimum Gasteiger partial charge on any atom is -0.507 e. The van der Waals surface area contributed by atoms with Gasteiger partial charge in [0, 0.05) is 22.3 Å². The molecular formula is C25H18ClF2NO4. The van der Waals surface area contributed by atoms with Crippen LogP contribution in [0.4, 0.5) is 14.5 Å². The number of hydrogen-bond acceptors (Lipinski definition) is 4. The molecule has 0 spiro atoms. The lowest BCUT2D eigenvalue weighted by atomic mass is 9.95. The summed E-state index contributed by atoms with van der Waals surface area (Å²) in [6, 6.07) is 14.5. The van der Waals surface area contributed by atoms with Crippen LogP contribution in [0.1, 0.15) is 24.1 Å². The summed E-state index contributed by atoms with van der Waals surface area (Å²) in [5.41, 5.74) is 0.540. The number of rotatable bonds is 5. The number of amides is 1. The average Bonchev–Trinajstić information content (AvgIpc) is 3.07. The van der Waals surface area contributed by atoms with Crippen molar-refractivity contribution in [2.75, 3.05) is 11.5 Å².